The maximum atomic E-state index is 2.44. The lowest BCUT2D eigenvalue weighted by atomic mass is 9.84. The van der Waals surface area contributed by atoms with Gasteiger partial charge in [0.2, 0.25) is 0 Å². The van der Waals surface area contributed by atoms with Crippen LogP contribution in [0.4, 0.5) is 17.1 Å². The van der Waals surface area contributed by atoms with Gasteiger partial charge in [0.05, 0.1) is 11.4 Å². The molecular formula is C56H37N. The van der Waals surface area contributed by atoms with Gasteiger partial charge in [0.1, 0.15) is 0 Å². The van der Waals surface area contributed by atoms with E-state index in [-0.39, 0.29) is 0 Å². The molecule has 0 atom stereocenters. The normalized spacial score (nSPS) is 11.5. The number of hydrogen-bond acceptors (Lipinski definition) is 1. The van der Waals surface area contributed by atoms with Crippen LogP contribution in [0.15, 0.2) is 224 Å². The first-order valence-electron chi connectivity index (χ1n) is 19.7. The molecule has 0 heterocycles. The number of anilines is 3. The fraction of sp³-hybridized carbons (Fsp3) is 0. The van der Waals surface area contributed by atoms with Crippen molar-refractivity contribution in [2.24, 2.45) is 0 Å². The summed E-state index contributed by atoms with van der Waals surface area (Å²) in [6, 6.07) is 82.0. The van der Waals surface area contributed by atoms with Gasteiger partial charge in [0, 0.05) is 16.5 Å². The number of rotatable bonds is 6. The Bertz CT molecular complexity index is 3270. The topological polar surface area (TPSA) is 3.24 Å². The van der Waals surface area contributed by atoms with E-state index in [2.05, 4.69) is 229 Å². The summed E-state index contributed by atoms with van der Waals surface area (Å²) in [6.07, 6.45) is 0. The molecule has 0 unspecified atom stereocenters. The predicted octanol–water partition coefficient (Wildman–Crippen LogP) is 15.9. The van der Waals surface area contributed by atoms with Crippen LogP contribution in [-0.2, 0) is 0 Å². The van der Waals surface area contributed by atoms with Crippen LogP contribution in [0.2, 0.25) is 0 Å². The van der Waals surface area contributed by atoms with E-state index in [0.717, 1.165) is 17.1 Å². The molecule has 57 heavy (non-hydrogen) atoms. The van der Waals surface area contributed by atoms with Crippen molar-refractivity contribution in [3.63, 3.8) is 0 Å². The quantitative estimate of drug-likeness (QED) is 0.154. The first-order valence-corrected chi connectivity index (χ1v) is 19.7. The van der Waals surface area contributed by atoms with Crippen molar-refractivity contribution in [3.05, 3.63) is 224 Å². The Morgan fingerprint density at radius 2 is 0.684 bits per heavy atom. The van der Waals surface area contributed by atoms with Crippen LogP contribution >= 0.6 is 0 Å². The summed E-state index contributed by atoms with van der Waals surface area (Å²) in [5.74, 6) is 0. The molecule has 0 saturated carbocycles. The van der Waals surface area contributed by atoms with E-state index in [9.17, 15) is 0 Å². The third-order valence-corrected chi connectivity index (χ3v) is 11.6. The zero-order valence-electron chi connectivity index (χ0n) is 31.3. The van der Waals surface area contributed by atoms with Crippen molar-refractivity contribution in [2.75, 3.05) is 4.90 Å². The van der Waals surface area contributed by atoms with E-state index >= 15 is 0 Å². The van der Waals surface area contributed by atoms with Crippen molar-refractivity contribution in [2.45, 2.75) is 0 Å². The molecule has 0 aliphatic rings. The van der Waals surface area contributed by atoms with Crippen LogP contribution in [0.3, 0.4) is 0 Å². The molecule has 0 aliphatic carbocycles. The molecule has 0 N–H and O–H groups in total. The molecule has 11 aromatic rings. The minimum absolute atomic E-state index is 1.11. The van der Waals surface area contributed by atoms with Gasteiger partial charge in [-0.2, -0.15) is 0 Å². The number of benzene rings is 11. The van der Waals surface area contributed by atoms with E-state index < -0.39 is 0 Å². The maximum absolute atomic E-state index is 2.44. The van der Waals surface area contributed by atoms with Crippen LogP contribution in [0.25, 0.3) is 87.2 Å². The number of hydrogen-bond donors (Lipinski definition) is 0. The second-order valence-electron chi connectivity index (χ2n) is 14.8. The second-order valence-corrected chi connectivity index (χ2v) is 14.8. The molecule has 0 radical (unpaired) electrons. The van der Waals surface area contributed by atoms with Gasteiger partial charge in [-0.15, -0.1) is 0 Å². The van der Waals surface area contributed by atoms with E-state index in [0.29, 0.717) is 0 Å². The molecule has 0 aliphatic heterocycles. The zero-order valence-corrected chi connectivity index (χ0v) is 31.3. The molecule has 0 spiro atoms. The van der Waals surface area contributed by atoms with Crippen molar-refractivity contribution < 1.29 is 0 Å². The van der Waals surface area contributed by atoms with Crippen molar-refractivity contribution in [1.29, 1.82) is 0 Å². The third-order valence-electron chi connectivity index (χ3n) is 11.6. The Morgan fingerprint density at radius 1 is 0.228 bits per heavy atom. The monoisotopic (exact) mass is 723 g/mol. The highest BCUT2D eigenvalue weighted by molar-refractivity contribution is 6.22. The molecule has 0 fully saturated rings. The highest BCUT2D eigenvalue weighted by Crippen LogP contribution is 2.47. The van der Waals surface area contributed by atoms with Crippen LogP contribution in [0.5, 0.6) is 0 Å². The van der Waals surface area contributed by atoms with Crippen LogP contribution in [0, 0.1) is 0 Å². The first-order chi connectivity index (χ1) is 28.3. The van der Waals surface area contributed by atoms with E-state index in [1.165, 1.54) is 87.2 Å². The Kier molecular flexibility index (Phi) is 7.89. The molecule has 266 valence electrons. The van der Waals surface area contributed by atoms with E-state index in [1.54, 1.807) is 0 Å². The summed E-state index contributed by atoms with van der Waals surface area (Å²) in [7, 11) is 0. The van der Waals surface area contributed by atoms with Crippen LogP contribution in [0.1, 0.15) is 0 Å². The molecule has 0 amide bonds. The smallest absolute Gasteiger partial charge is 0.0540 e. The SMILES string of the molecule is c1ccc(-c2c(-c3ccccc3)c3cc(-c4ccc(N(c5cccc6ccccc56)c5cccc6c5ccc5ccccc56)cc4)ccc3c3ccccc23)cc1. The van der Waals surface area contributed by atoms with Crippen molar-refractivity contribution in [1.82, 2.24) is 0 Å². The fourth-order valence-electron chi connectivity index (χ4n) is 9.01. The largest absolute Gasteiger partial charge is 0.309 e. The summed E-state index contributed by atoms with van der Waals surface area (Å²) < 4.78 is 0. The summed E-state index contributed by atoms with van der Waals surface area (Å²) >= 11 is 0. The maximum Gasteiger partial charge on any atom is 0.0540 e. The van der Waals surface area contributed by atoms with Crippen LogP contribution < -0.4 is 4.90 Å². The zero-order chi connectivity index (χ0) is 37.7. The Hall–Kier alpha value is -7.48. The summed E-state index contributed by atoms with van der Waals surface area (Å²) in [6.45, 7) is 0. The van der Waals surface area contributed by atoms with Gasteiger partial charge in [0.15, 0.2) is 0 Å². The lowest BCUT2D eigenvalue weighted by molar-refractivity contribution is 1.31. The van der Waals surface area contributed by atoms with E-state index in [4.69, 9.17) is 0 Å². The summed E-state index contributed by atoms with van der Waals surface area (Å²) in [5.41, 5.74) is 10.8. The Balaban J connectivity index is 1.11. The summed E-state index contributed by atoms with van der Waals surface area (Å²) in [5, 5.41) is 12.5. The first kappa shape index (κ1) is 32.9. The van der Waals surface area contributed by atoms with Crippen molar-refractivity contribution in [3.8, 4) is 33.4 Å². The van der Waals surface area contributed by atoms with Gasteiger partial charge < -0.3 is 4.90 Å². The van der Waals surface area contributed by atoms with Crippen LogP contribution in [-0.4, -0.2) is 0 Å². The molecule has 1 heteroatoms. The minimum Gasteiger partial charge on any atom is -0.309 e. The number of fused-ring (bicyclic) bond motifs is 7. The lowest BCUT2D eigenvalue weighted by Gasteiger charge is -2.28. The lowest BCUT2D eigenvalue weighted by Crippen LogP contribution is -2.11. The Morgan fingerprint density at radius 3 is 1.40 bits per heavy atom. The predicted molar refractivity (Wildman–Crippen MR) is 245 cm³/mol. The second kappa shape index (κ2) is 13.7. The third kappa shape index (κ3) is 5.55. The van der Waals surface area contributed by atoms with Gasteiger partial charge in [-0.3, -0.25) is 0 Å². The van der Waals surface area contributed by atoms with E-state index in [1.807, 2.05) is 0 Å². The average Bonchev–Trinajstić information content (AvgIpc) is 3.29. The molecule has 1 nitrogen and oxygen atoms in total. The Labute approximate surface area is 332 Å². The number of nitrogens with zero attached hydrogens (tertiary/aromatic N) is 1. The molecule has 11 aromatic carbocycles. The summed E-state index contributed by atoms with van der Waals surface area (Å²) in [4.78, 5) is 2.44. The van der Waals surface area contributed by atoms with Gasteiger partial charge in [-0.25, -0.2) is 0 Å². The molecular weight excluding hydrogens is 687 g/mol. The fourth-order valence-corrected chi connectivity index (χ4v) is 9.01. The van der Waals surface area contributed by atoms with Gasteiger partial charge >= 0.3 is 0 Å². The highest BCUT2D eigenvalue weighted by atomic mass is 15.1. The van der Waals surface area contributed by atoms with Crippen molar-refractivity contribution >= 4 is 70.9 Å². The van der Waals surface area contributed by atoms with Gasteiger partial charge in [-0.05, 0) is 107 Å². The molecule has 0 aromatic heterocycles. The van der Waals surface area contributed by atoms with Gasteiger partial charge in [0.25, 0.3) is 0 Å². The molecule has 0 bridgehead atoms. The highest BCUT2D eigenvalue weighted by Gasteiger charge is 2.20. The minimum atomic E-state index is 1.11. The van der Waals surface area contributed by atoms with Gasteiger partial charge in [-0.1, -0.05) is 194 Å². The molecule has 0 saturated heterocycles. The molecule has 11 rings (SSSR count). The standard InChI is InChI=1S/C56H37N/c1-3-17-41(18-4-1)55-51-25-12-11-24-48(51)49-35-32-43(37-52(49)56(55)42-19-5-2-6-20-42)38-29-33-44(34-30-38)57(53-27-13-21-39-15-8-10-23-46(39)53)54-28-14-26-47-45-22-9-7-16-40(45)31-36-50(47)54/h1-37H. The average molecular weight is 724 g/mol.